The molecule has 17 heavy (non-hydrogen) atoms. The first kappa shape index (κ1) is 12.0. The normalized spacial score (nSPS) is 10.2. The van der Waals surface area contributed by atoms with Gasteiger partial charge < -0.3 is 11.1 Å². The number of nitrogens with two attached hydrogens (primary N) is 1. The topological polar surface area (TPSA) is 55.1 Å². The van der Waals surface area contributed by atoms with Crippen LogP contribution in [0.25, 0.3) is 0 Å². The van der Waals surface area contributed by atoms with Crippen LogP contribution < -0.4 is 11.1 Å². The lowest BCUT2D eigenvalue weighted by atomic mass is 10.2. The number of thiophene rings is 1. The van der Waals surface area contributed by atoms with Gasteiger partial charge in [0.1, 0.15) is 0 Å². The highest BCUT2D eigenvalue weighted by molar-refractivity contribution is 7.17. The molecule has 1 amide bonds. The summed E-state index contributed by atoms with van der Waals surface area (Å²) in [6, 6.07) is 10.8. The first-order valence-electron chi connectivity index (χ1n) is 5.03. The number of benzene rings is 1. The lowest BCUT2D eigenvalue weighted by Crippen LogP contribution is -2.21. The minimum Gasteiger partial charge on any atom is -0.399 e. The van der Waals surface area contributed by atoms with Crippen LogP contribution in [0.1, 0.15) is 15.2 Å². The Bertz CT molecular complexity index is 539. The summed E-state index contributed by atoms with van der Waals surface area (Å²) in [4.78, 5) is 12.3. The highest BCUT2D eigenvalue weighted by Gasteiger charge is 2.07. The molecule has 1 aromatic heterocycles. The van der Waals surface area contributed by atoms with E-state index in [4.69, 9.17) is 17.3 Å². The zero-order chi connectivity index (χ0) is 12.3. The molecule has 0 aliphatic carbocycles. The molecule has 5 heteroatoms. The first-order valence-corrected chi connectivity index (χ1v) is 6.22. The monoisotopic (exact) mass is 266 g/mol. The van der Waals surface area contributed by atoms with Gasteiger partial charge in [-0.3, -0.25) is 4.79 Å². The SMILES string of the molecule is Nc1cccc(CNC(=O)c2ccc(Cl)s2)c1. The molecule has 0 fully saturated rings. The standard InChI is InChI=1S/C12H11ClN2OS/c13-11-5-4-10(17-11)12(16)15-7-8-2-1-3-9(14)6-8/h1-6H,7,14H2,(H,15,16). The molecule has 1 heterocycles. The minimum absolute atomic E-state index is 0.121. The number of carbonyl (C=O) groups is 1. The summed E-state index contributed by atoms with van der Waals surface area (Å²) in [6.45, 7) is 0.458. The fourth-order valence-corrected chi connectivity index (χ4v) is 2.37. The summed E-state index contributed by atoms with van der Waals surface area (Å²) in [5, 5.41) is 2.81. The van der Waals surface area contributed by atoms with E-state index < -0.39 is 0 Å². The van der Waals surface area contributed by atoms with Gasteiger partial charge in [-0.2, -0.15) is 0 Å². The zero-order valence-electron chi connectivity index (χ0n) is 8.94. The van der Waals surface area contributed by atoms with Crippen molar-refractivity contribution in [2.45, 2.75) is 6.54 Å². The summed E-state index contributed by atoms with van der Waals surface area (Å²) < 4.78 is 0.610. The Hall–Kier alpha value is -1.52. The van der Waals surface area contributed by atoms with Crippen molar-refractivity contribution in [2.24, 2.45) is 0 Å². The van der Waals surface area contributed by atoms with Gasteiger partial charge in [0.2, 0.25) is 0 Å². The largest absolute Gasteiger partial charge is 0.399 e. The second-order valence-corrected chi connectivity index (χ2v) is 5.25. The third kappa shape index (κ3) is 3.22. The molecule has 0 saturated heterocycles. The average Bonchev–Trinajstić information content (AvgIpc) is 2.73. The van der Waals surface area contributed by atoms with Crippen LogP contribution in [-0.2, 0) is 6.54 Å². The highest BCUT2D eigenvalue weighted by Crippen LogP contribution is 2.21. The predicted octanol–water partition coefficient (Wildman–Crippen LogP) is 2.91. The van der Waals surface area contributed by atoms with Crippen molar-refractivity contribution in [2.75, 3.05) is 5.73 Å². The van der Waals surface area contributed by atoms with Gasteiger partial charge in [-0.25, -0.2) is 0 Å². The van der Waals surface area contributed by atoms with Crippen LogP contribution >= 0.6 is 22.9 Å². The average molecular weight is 267 g/mol. The fourth-order valence-electron chi connectivity index (χ4n) is 1.41. The van der Waals surface area contributed by atoms with Crippen LogP contribution in [0.2, 0.25) is 4.34 Å². The van der Waals surface area contributed by atoms with Gasteiger partial charge in [-0.05, 0) is 29.8 Å². The molecular weight excluding hydrogens is 256 g/mol. The maximum absolute atomic E-state index is 11.7. The van der Waals surface area contributed by atoms with Crippen LogP contribution in [0.5, 0.6) is 0 Å². The predicted molar refractivity (Wildman–Crippen MR) is 71.4 cm³/mol. The summed E-state index contributed by atoms with van der Waals surface area (Å²) in [5.74, 6) is -0.121. The molecule has 2 aromatic rings. The molecule has 0 bridgehead atoms. The molecule has 0 atom stereocenters. The number of amides is 1. The summed E-state index contributed by atoms with van der Waals surface area (Å²) in [6.07, 6.45) is 0. The minimum atomic E-state index is -0.121. The first-order chi connectivity index (χ1) is 8.15. The third-order valence-electron chi connectivity index (χ3n) is 2.20. The Morgan fingerprint density at radius 2 is 2.18 bits per heavy atom. The molecule has 2 rings (SSSR count). The van der Waals surface area contributed by atoms with E-state index in [2.05, 4.69) is 5.32 Å². The summed E-state index contributed by atoms with van der Waals surface area (Å²) >= 11 is 7.03. The van der Waals surface area contributed by atoms with E-state index in [0.29, 0.717) is 21.4 Å². The van der Waals surface area contributed by atoms with E-state index in [9.17, 15) is 4.79 Å². The van der Waals surface area contributed by atoms with Gasteiger partial charge in [0.25, 0.3) is 5.91 Å². The summed E-state index contributed by atoms with van der Waals surface area (Å²) in [5.41, 5.74) is 7.32. The molecule has 1 aromatic carbocycles. The molecule has 3 nitrogen and oxygen atoms in total. The lowest BCUT2D eigenvalue weighted by Gasteiger charge is -2.04. The van der Waals surface area contributed by atoms with Crippen molar-refractivity contribution >= 4 is 34.5 Å². The number of hydrogen-bond acceptors (Lipinski definition) is 3. The smallest absolute Gasteiger partial charge is 0.261 e. The quantitative estimate of drug-likeness (QED) is 0.840. The molecule has 0 aliphatic heterocycles. The van der Waals surface area contributed by atoms with Crippen LogP contribution in [0.15, 0.2) is 36.4 Å². The van der Waals surface area contributed by atoms with Crippen molar-refractivity contribution in [1.82, 2.24) is 5.32 Å². The molecule has 0 aliphatic rings. The third-order valence-corrected chi connectivity index (χ3v) is 3.43. The maximum atomic E-state index is 11.7. The number of hydrogen-bond donors (Lipinski definition) is 2. The number of carbonyl (C=O) groups excluding carboxylic acids is 1. The van der Waals surface area contributed by atoms with Crippen molar-refractivity contribution in [3.05, 3.63) is 51.2 Å². The van der Waals surface area contributed by atoms with E-state index in [-0.39, 0.29) is 5.91 Å². The van der Waals surface area contributed by atoms with E-state index >= 15 is 0 Å². The van der Waals surface area contributed by atoms with Crippen LogP contribution in [-0.4, -0.2) is 5.91 Å². The van der Waals surface area contributed by atoms with Crippen molar-refractivity contribution in [3.63, 3.8) is 0 Å². The second kappa shape index (κ2) is 5.21. The van der Waals surface area contributed by atoms with Crippen LogP contribution in [0, 0.1) is 0 Å². The summed E-state index contributed by atoms with van der Waals surface area (Å²) in [7, 11) is 0. The second-order valence-electron chi connectivity index (χ2n) is 3.53. The van der Waals surface area contributed by atoms with Crippen LogP contribution in [0.4, 0.5) is 5.69 Å². The van der Waals surface area contributed by atoms with Crippen LogP contribution in [0.3, 0.4) is 0 Å². The van der Waals surface area contributed by atoms with Gasteiger partial charge in [0.05, 0.1) is 9.21 Å². The van der Waals surface area contributed by atoms with Crippen molar-refractivity contribution in [1.29, 1.82) is 0 Å². The number of halogens is 1. The van der Waals surface area contributed by atoms with Gasteiger partial charge in [-0.1, -0.05) is 23.7 Å². The number of nitrogens with one attached hydrogen (secondary N) is 1. The Kier molecular flexibility index (Phi) is 3.66. The lowest BCUT2D eigenvalue weighted by molar-refractivity contribution is 0.0955. The molecule has 88 valence electrons. The van der Waals surface area contributed by atoms with E-state index in [1.807, 2.05) is 24.3 Å². The Morgan fingerprint density at radius 3 is 2.82 bits per heavy atom. The molecular formula is C12H11ClN2OS. The van der Waals surface area contributed by atoms with E-state index in [1.165, 1.54) is 11.3 Å². The number of anilines is 1. The molecule has 0 saturated carbocycles. The maximum Gasteiger partial charge on any atom is 0.261 e. The molecule has 0 unspecified atom stereocenters. The van der Waals surface area contributed by atoms with Gasteiger partial charge in [0, 0.05) is 12.2 Å². The Morgan fingerprint density at radius 1 is 1.35 bits per heavy atom. The molecule has 3 N–H and O–H groups in total. The van der Waals surface area contributed by atoms with Crippen molar-refractivity contribution in [3.8, 4) is 0 Å². The van der Waals surface area contributed by atoms with Gasteiger partial charge in [0.15, 0.2) is 0 Å². The van der Waals surface area contributed by atoms with Crippen molar-refractivity contribution < 1.29 is 4.79 Å². The van der Waals surface area contributed by atoms with Gasteiger partial charge in [-0.15, -0.1) is 11.3 Å². The zero-order valence-corrected chi connectivity index (χ0v) is 10.5. The van der Waals surface area contributed by atoms with E-state index in [1.54, 1.807) is 12.1 Å². The molecule has 0 radical (unpaired) electrons. The Balaban J connectivity index is 1.97. The Labute approximate surface area is 108 Å². The fraction of sp³-hybridized carbons (Fsp3) is 0.0833. The van der Waals surface area contributed by atoms with Gasteiger partial charge >= 0.3 is 0 Å². The number of rotatable bonds is 3. The number of nitrogen functional groups attached to an aromatic ring is 1. The van der Waals surface area contributed by atoms with E-state index in [0.717, 1.165) is 5.56 Å². The highest BCUT2D eigenvalue weighted by atomic mass is 35.5. The molecule has 0 spiro atoms.